The summed E-state index contributed by atoms with van der Waals surface area (Å²) < 4.78 is 0. The summed E-state index contributed by atoms with van der Waals surface area (Å²) in [6, 6.07) is 0. The first-order valence-electron chi connectivity index (χ1n) is 9.89. The molecule has 7 heteroatoms. The van der Waals surface area contributed by atoms with E-state index in [2.05, 4.69) is 0 Å². The molecule has 0 aromatic rings. The lowest BCUT2D eigenvalue weighted by atomic mass is 10.5. The standard InChI is InChI=1S/7C3H8O/c7*1-3(2)4/h7*3-4H,1-2H3. The Morgan fingerprint density at radius 1 is 0.214 bits per heavy atom. The molecule has 28 heavy (non-hydrogen) atoms. The van der Waals surface area contributed by atoms with Crippen LogP contribution in [0.1, 0.15) is 96.9 Å². The summed E-state index contributed by atoms with van der Waals surface area (Å²) in [6.07, 6.45) is -1.17. The van der Waals surface area contributed by atoms with Crippen molar-refractivity contribution in [3.63, 3.8) is 0 Å². The van der Waals surface area contributed by atoms with Crippen molar-refractivity contribution in [3.8, 4) is 0 Å². The summed E-state index contributed by atoms with van der Waals surface area (Å²) >= 11 is 0. The van der Waals surface area contributed by atoms with Gasteiger partial charge in [-0.2, -0.15) is 0 Å². The molecule has 0 aliphatic rings. The zero-order valence-electron chi connectivity index (χ0n) is 21.2. The van der Waals surface area contributed by atoms with Gasteiger partial charge in [0.2, 0.25) is 0 Å². The van der Waals surface area contributed by atoms with Crippen LogP contribution >= 0.6 is 0 Å². The number of aliphatic hydroxyl groups is 7. The van der Waals surface area contributed by atoms with Crippen molar-refractivity contribution in [2.45, 2.75) is 140 Å². The molecule has 0 aliphatic carbocycles. The maximum atomic E-state index is 8.06. The second-order valence-corrected chi connectivity index (χ2v) is 7.66. The summed E-state index contributed by atoms with van der Waals surface area (Å²) in [5.74, 6) is 0. The molecule has 0 bridgehead atoms. The van der Waals surface area contributed by atoms with E-state index in [9.17, 15) is 0 Å². The highest BCUT2D eigenvalue weighted by molar-refractivity contribution is 4.22. The van der Waals surface area contributed by atoms with Gasteiger partial charge in [0.1, 0.15) is 0 Å². The SMILES string of the molecule is CC(C)O.CC(C)O.CC(C)O.CC(C)O.CC(C)O.CC(C)O.CC(C)O. The number of hydrogen-bond acceptors (Lipinski definition) is 7. The number of hydrogen-bond donors (Lipinski definition) is 7. The first kappa shape index (κ1) is 46.1. The largest absolute Gasteiger partial charge is 0.394 e. The fraction of sp³-hybridized carbons (Fsp3) is 1.00. The topological polar surface area (TPSA) is 142 Å². The van der Waals surface area contributed by atoms with Gasteiger partial charge in [0.25, 0.3) is 0 Å². The molecule has 0 saturated carbocycles. The molecular formula is C21H56O7. The lowest BCUT2D eigenvalue weighted by molar-refractivity contribution is 0.215. The first-order valence-corrected chi connectivity index (χ1v) is 9.89. The molecule has 0 saturated heterocycles. The van der Waals surface area contributed by atoms with Gasteiger partial charge in [-0.25, -0.2) is 0 Å². The molecule has 182 valence electrons. The van der Waals surface area contributed by atoms with Crippen molar-refractivity contribution in [2.24, 2.45) is 0 Å². The van der Waals surface area contributed by atoms with E-state index in [0.717, 1.165) is 0 Å². The normalized spacial score (nSPS) is 9.00. The van der Waals surface area contributed by atoms with Gasteiger partial charge in [0.05, 0.1) is 0 Å². The minimum atomic E-state index is -0.167. The van der Waals surface area contributed by atoms with Crippen LogP contribution in [0, 0.1) is 0 Å². The van der Waals surface area contributed by atoms with E-state index in [0.29, 0.717) is 0 Å². The van der Waals surface area contributed by atoms with Crippen LogP contribution in [0.2, 0.25) is 0 Å². The van der Waals surface area contributed by atoms with Crippen LogP contribution in [-0.4, -0.2) is 78.5 Å². The third kappa shape index (κ3) is 200000. The fourth-order valence-corrected chi connectivity index (χ4v) is 0. The van der Waals surface area contributed by atoms with Gasteiger partial charge in [0.15, 0.2) is 0 Å². The van der Waals surface area contributed by atoms with Crippen molar-refractivity contribution < 1.29 is 35.7 Å². The lowest BCUT2D eigenvalue weighted by Gasteiger charge is -1.80. The summed E-state index contributed by atoms with van der Waals surface area (Å²) in [5.41, 5.74) is 0. The minimum absolute atomic E-state index is 0.167. The van der Waals surface area contributed by atoms with Gasteiger partial charge in [-0.15, -0.1) is 0 Å². The molecule has 0 fully saturated rings. The zero-order valence-corrected chi connectivity index (χ0v) is 21.2. The van der Waals surface area contributed by atoms with Gasteiger partial charge in [-0.1, -0.05) is 0 Å². The second-order valence-electron chi connectivity index (χ2n) is 7.66. The molecule has 7 N–H and O–H groups in total. The molecule has 0 aliphatic heterocycles. The maximum absolute atomic E-state index is 8.06. The molecule has 0 atom stereocenters. The Labute approximate surface area is 176 Å². The van der Waals surface area contributed by atoms with E-state index in [1.54, 1.807) is 96.9 Å². The molecule has 7 nitrogen and oxygen atoms in total. The lowest BCUT2D eigenvalue weighted by Crippen LogP contribution is -1.85. The Bertz CT molecular complexity index is 115. The van der Waals surface area contributed by atoms with Gasteiger partial charge >= 0.3 is 0 Å². The highest BCUT2D eigenvalue weighted by Gasteiger charge is 1.71. The van der Waals surface area contributed by atoms with Crippen LogP contribution in [0.25, 0.3) is 0 Å². The van der Waals surface area contributed by atoms with Crippen molar-refractivity contribution in [3.05, 3.63) is 0 Å². The van der Waals surface area contributed by atoms with Crippen LogP contribution in [0.15, 0.2) is 0 Å². The monoisotopic (exact) mass is 420 g/mol. The Morgan fingerprint density at radius 3 is 0.214 bits per heavy atom. The third-order valence-electron chi connectivity index (χ3n) is 0. The molecule has 0 aromatic carbocycles. The Balaban J connectivity index is -0.0000000367. The van der Waals surface area contributed by atoms with E-state index in [1.807, 2.05) is 0 Å². The molecule has 0 unspecified atom stereocenters. The average molecular weight is 421 g/mol. The number of rotatable bonds is 0. The summed E-state index contributed by atoms with van der Waals surface area (Å²) in [5, 5.41) is 56.4. The van der Waals surface area contributed by atoms with Crippen LogP contribution in [-0.2, 0) is 0 Å². The smallest absolute Gasteiger partial charge is 0.0483 e. The van der Waals surface area contributed by atoms with E-state index in [1.165, 1.54) is 0 Å². The Kier molecular flexibility index (Phi) is 67.8. The van der Waals surface area contributed by atoms with Gasteiger partial charge in [-0.05, 0) is 96.9 Å². The molecule has 0 spiro atoms. The minimum Gasteiger partial charge on any atom is -0.394 e. The van der Waals surface area contributed by atoms with Crippen molar-refractivity contribution in [1.29, 1.82) is 0 Å². The Hall–Kier alpha value is -0.280. The van der Waals surface area contributed by atoms with Crippen molar-refractivity contribution in [2.75, 3.05) is 0 Å². The molecule has 0 radical (unpaired) electrons. The van der Waals surface area contributed by atoms with E-state index in [-0.39, 0.29) is 42.7 Å². The van der Waals surface area contributed by atoms with Crippen LogP contribution in [0.4, 0.5) is 0 Å². The van der Waals surface area contributed by atoms with E-state index >= 15 is 0 Å². The van der Waals surface area contributed by atoms with Crippen LogP contribution in [0.3, 0.4) is 0 Å². The zero-order chi connectivity index (χ0) is 25.0. The summed E-state index contributed by atoms with van der Waals surface area (Å²) in [6.45, 7) is 24.1. The van der Waals surface area contributed by atoms with Crippen molar-refractivity contribution >= 4 is 0 Å². The third-order valence-corrected chi connectivity index (χ3v) is 0. The average Bonchev–Trinajstić information content (AvgIpc) is 2.20. The predicted molar refractivity (Wildman–Crippen MR) is 121 cm³/mol. The molecule has 0 aromatic heterocycles. The van der Waals surface area contributed by atoms with Gasteiger partial charge in [0, 0.05) is 42.7 Å². The summed E-state index contributed by atoms with van der Waals surface area (Å²) in [4.78, 5) is 0. The maximum Gasteiger partial charge on any atom is 0.0483 e. The predicted octanol–water partition coefficient (Wildman–Crippen LogP) is 2.71. The molecule has 0 heterocycles. The molecule has 0 amide bonds. The molecular weight excluding hydrogens is 364 g/mol. The molecule has 0 rings (SSSR count). The quantitative estimate of drug-likeness (QED) is 0.319. The summed E-state index contributed by atoms with van der Waals surface area (Å²) in [7, 11) is 0. The highest BCUT2D eigenvalue weighted by atomic mass is 16.3. The Morgan fingerprint density at radius 2 is 0.214 bits per heavy atom. The fourth-order valence-electron chi connectivity index (χ4n) is 0. The number of aliphatic hydroxyl groups excluding tert-OH is 7. The van der Waals surface area contributed by atoms with Gasteiger partial charge < -0.3 is 35.7 Å². The van der Waals surface area contributed by atoms with Crippen LogP contribution < -0.4 is 0 Å². The second kappa shape index (κ2) is 41.2. The van der Waals surface area contributed by atoms with Crippen LogP contribution in [0.5, 0.6) is 0 Å². The van der Waals surface area contributed by atoms with Crippen molar-refractivity contribution in [1.82, 2.24) is 0 Å². The van der Waals surface area contributed by atoms with E-state index < -0.39 is 0 Å². The van der Waals surface area contributed by atoms with E-state index in [4.69, 9.17) is 35.7 Å². The first-order chi connectivity index (χ1) is 12.1. The highest BCUT2D eigenvalue weighted by Crippen LogP contribution is 1.67. The van der Waals surface area contributed by atoms with Gasteiger partial charge in [-0.3, -0.25) is 0 Å².